The van der Waals surface area contributed by atoms with E-state index in [2.05, 4.69) is 10.2 Å². The summed E-state index contributed by atoms with van der Waals surface area (Å²) in [6.07, 6.45) is 2.80. The van der Waals surface area contributed by atoms with Crippen LogP contribution in [0.25, 0.3) is 0 Å². The third-order valence-electron chi connectivity index (χ3n) is 3.20. The van der Waals surface area contributed by atoms with E-state index >= 15 is 0 Å². The van der Waals surface area contributed by atoms with Gasteiger partial charge >= 0.3 is 5.97 Å². The summed E-state index contributed by atoms with van der Waals surface area (Å²) in [5.74, 6) is -1.88. The molecule has 1 aromatic heterocycles. The van der Waals surface area contributed by atoms with E-state index in [1.165, 1.54) is 17.3 Å². The number of carboxylic acids is 1. The lowest BCUT2D eigenvalue weighted by atomic mass is 10.0. The van der Waals surface area contributed by atoms with Gasteiger partial charge in [-0.15, -0.1) is 0 Å². The Morgan fingerprint density at radius 3 is 2.84 bits per heavy atom. The molecular weight excluding hydrogens is 250 g/mol. The Bertz CT molecular complexity index is 465. The van der Waals surface area contributed by atoms with Gasteiger partial charge in [0.05, 0.1) is 37.2 Å². The molecule has 7 nitrogen and oxygen atoms in total. The maximum atomic E-state index is 12.3. The molecular formula is C12H15N3O4. The molecule has 1 N–H and O–H groups in total. The Balaban J connectivity index is 2.20. The molecule has 0 saturated carbocycles. The van der Waals surface area contributed by atoms with Crippen molar-refractivity contribution in [1.82, 2.24) is 15.1 Å². The Labute approximate surface area is 110 Å². The maximum absolute atomic E-state index is 12.3. The first kappa shape index (κ1) is 13.4. The molecule has 0 radical (unpaired) electrons. The average molecular weight is 265 g/mol. The third kappa shape index (κ3) is 2.70. The van der Waals surface area contributed by atoms with Crippen molar-refractivity contribution in [2.24, 2.45) is 5.92 Å². The van der Waals surface area contributed by atoms with Crippen molar-refractivity contribution in [1.29, 1.82) is 0 Å². The fourth-order valence-corrected chi connectivity index (χ4v) is 2.20. The van der Waals surface area contributed by atoms with Crippen molar-refractivity contribution in [2.45, 2.75) is 13.0 Å². The Kier molecular flexibility index (Phi) is 4.06. The molecule has 1 aliphatic rings. The lowest BCUT2D eigenvalue weighted by molar-refractivity contribution is -0.142. The van der Waals surface area contributed by atoms with Gasteiger partial charge in [0.2, 0.25) is 0 Å². The van der Waals surface area contributed by atoms with Crippen molar-refractivity contribution < 1.29 is 19.4 Å². The topological polar surface area (TPSA) is 92.6 Å². The first-order valence-corrected chi connectivity index (χ1v) is 6.03. The molecule has 2 atom stereocenters. The standard InChI is InChI=1S/C12H15N3O4/c1-2-15(10-7-19-6-9(10)12(17)18)11(16)8-3-4-13-14-5-8/h3-5,9-10H,2,6-7H2,1H3,(H,17,18). The van der Waals surface area contributed by atoms with E-state index in [4.69, 9.17) is 9.84 Å². The largest absolute Gasteiger partial charge is 0.481 e. The van der Waals surface area contributed by atoms with E-state index in [9.17, 15) is 9.59 Å². The number of amides is 1. The Morgan fingerprint density at radius 2 is 2.26 bits per heavy atom. The van der Waals surface area contributed by atoms with E-state index in [1.807, 2.05) is 6.92 Å². The minimum Gasteiger partial charge on any atom is -0.481 e. The fourth-order valence-electron chi connectivity index (χ4n) is 2.20. The molecule has 0 aliphatic carbocycles. The molecule has 1 aliphatic heterocycles. The number of aromatic nitrogens is 2. The highest BCUT2D eigenvalue weighted by atomic mass is 16.5. The van der Waals surface area contributed by atoms with Crippen molar-refractivity contribution >= 4 is 11.9 Å². The number of nitrogens with zero attached hydrogens (tertiary/aromatic N) is 3. The molecule has 1 fully saturated rings. The van der Waals surface area contributed by atoms with E-state index < -0.39 is 17.9 Å². The first-order valence-electron chi connectivity index (χ1n) is 6.03. The van der Waals surface area contributed by atoms with Crippen LogP contribution in [0, 0.1) is 5.92 Å². The average Bonchev–Trinajstić information content (AvgIpc) is 2.90. The lowest BCUT2D eigenvalue weighted by Crippen LogP contribution is -2.46. The van der Waals surface area contributed by atoms with Crippen molar-refractivity contribution in [3.63, 3.8) is 0 Å². The summed E-state index contributed by atoms with van der Waals surface area (Å²) < 4.78 is 5.20. The number of carboxylic acid groups (broad SMARTS) is 1. The van der Waals surface area contributed by atoms with E-state index in [-0.39, 0.29) is 19.1 Å². The molecule has 2 heterocycles. The van der Waals surface area contributed by atoms with Crippen LogP contribution in [-0.2, 0) is 9.53 Å². The van der Waals surface area contributed by atoms with Gasteiger partial charge in [-0.3, -0.25) is 9.59 Å². The second-order valence-electron chi connectivity index (χ2n) is 4.27. The summed E-state index contributed by atoms with van der Waals surface area (Å²) in [7, 11) is 0. The zero-order valence-corrected chi connectivity index (χ0v) is 10.5. The first-order chi connectivity index (χ1) is 9.15. The highest BCUT2D eigenvalue weighted by Gasteiger charge is 2.39. The highest BCUT2D eigenvalue weighted by molar-refractivity contribution is 5.94. The molecule has 2 rings (SSSR count). The molecule has 102 valence electrons. The molecule has 19 heavy (non-hydrogen) atoms. The van der Waals surface area contributed by atoms with Crippen molar-refractivity contribution in [2.75, 3.05) is 19.8 Å². The molecule has 1 aromatic rings. The van der Waals surface area contributed by atoms with Crippen LogP contribution >= 0.6 is 0 Å². The smallest absolute Gasteiger partial charge is 0.311 e. The van der Waals surface area contributed by atoms with Gasteiger partial charge in [0.1, 0.15) is 5.92 Å². The van der Waals surface area contributed by atoms with Gasteiger partial charge in [-0.05, 0) is 13.0 Å². The molecule has 7 heteroatoms. The normalized spacial score (nSPS) is 22.2. The van der Waals surface area contributed by atoms with E-state index in [0.29, 0.717) is 12.1 Å². The van der Waals surface area contributed by atoms with E-state index in [1.54, 1.807) is 6.07 Å². The van der Waals surface area contributed by atoms with Crippen molar-refractivity contribution in [3.8, 4) is 0 Å². The predicted octanol–water partition coefficient (Wildman–Crippen LogP) is 0.0383. The molecule has 1 amide bonds. The van der Waals surface area contributed by atoms with Crippen LogP contribution in [0.1, 0.15) is 17.3 Å². The summed E-state index contributed by atoms with van der Waals surface area (Å²) in [5.41, 5.74) is 0.396. The van der Waals surface area contributed by atoms with Gasteiger partial charge in [-0.25, -0.2) is 0 Å². The van der Waals surface area contributed by atoms with Gasteiger partial charge in [-0.2, -0.15) is 10.2 Å². The van der Waals surface area contributed by atoms with Crippen LogP contribution in [-0.4, -0.2) is 57.9 Å². The number of carbonyl (C=O) groups is 2. The fraction of sp³-hybridized carbons (Fsp3) is 0.500. The molecule has 2 unspecified atom stereocenters. The zero-order chi connectivity index (χ0) is 13.8. The summed E-state index contributed by atoms with van der Waals surface area (Å²) in [6.45, 7) is 2.61. The van der Waals surface area contributed by atoms with Crippen LogP contribution in [0.15, 0.2) is 18.5 Å². The quantitative estimate of drug-likeness (QED) is 0.826. The molecule has 0 bridgehead atoms. The van der Waals surface area contributed by atoms with E-state index in [0.717, 1.165) is 0 Å². The number of rotatable bonds is 4. The number of ether oxygens (including phenoxy) is 1. The minimum absolute atomic E-state index is 0.137. The third-order valence-corrected chi connectivity index (χ3v) is 3.20. The molecule has 0 spiro atoms. The van der Waals surface area contributed by atoms with Crippen LogP contribution in [0.4, 0.5) is 0 Å². The number of carbonyl (C=O) groups excluding carboxylic acids is 1. The second-order valence-corrected chi connectivity index (χ2v) is 4.27. The van der Waals surface area contributed by atoms with Gasteiger partial charge in [0.15, 0.2) is 0 Å². The van der Waals surface area contributed by atoms with Gasteiger partial charge < -0.3 is 14.7 Å². The molecule has 1 saturated heterocycles. The monoisotopic (exact) mass is 265 g/mol. The van der Waals surface area contributed by atoms with Crippen LogP contribution in [0.3, 0.4) is 0 Å². The number of hydrogen-bond donors (Lipinski definition) is 1. The van der Waals surface area contributed by atoms with Crippen LogP contribution in [0.5, 0.6) is 0 Å². The number of hydrogen-bond acceptors (Lipinski definition) is 5. The van der Waals surface area contributed by atoms with Gasteiger partial charge in [-0.1, -0.05) is 0 Å². The summed E-state index contributed by atoms with van der Waals surface area (Å²) in [6, 6.07) is 1.12. The predicted molar refractivity (Wildman–Crippen MR) is 64.5 cm³/mol. The van der Waals surface area contributed by atoms with Crippen LogP contribution < -0.4 is 0 Å². The number of likely N-dealkylation sites (N-methyl/N-ethyl adjacent to an activating group) is 1. The van der Waals surface area contributed by atoms with Gasteiger partial charge in [0.25, 0.3) is 5.91 Å². The summed E-state index contributed by atoms with van der Waals surface area (Å²) >= 11 is 0. The van der Waals surface area contributed by atoms with Crippen LogP contribution in [0.2, 0.25) is 0 Å². The Morgan fingerprint density at radius 1 is 1.47 bits per heavy atom. The highest BCUT2D eigenvalue weighted by Crippen LogP contribution is 2.21. The minimum atomic E-state index is -0.943. The lowest BCUT2D eigenvalue weighted by Gasteiger charge is -2.29. The Hall–Kier alpha value is -2.02. The second kappa shape index (κ2) is 5.75. The van der Waals surface area contributed by atoms with Gasteiger partial charge in [0, 0.05) is 6.54 Å². The number of aliphatic carboxylic acids is 1. The van der Waals surface area contributed by atoms with Crippen molar-refractivity contribution in [3.05, 3.63) is 24.0 Å². The SMILES string of the molecule is CCN(C(=O)c1ccnnc1)C1COCC1C(=O)O. The molecule has 0 aromatic carbocycles. The zero-order valence-electron chi connectivity index (χ0n) is 10.5. The summed E-state index contributed by atoms with van der Waals surface area (Å²) in [5, 5.41) is 16.4. The maximum Gasteiger partial charge on any atom is 0.311 e. The summed E-state index contributed by atoms with van der Waals surface area (Å²) in [4.78, 5) is 25.0.